The molecule has 1 fully saturated rings. The fourth-order valence-corrected chi connectivity index (χ4v) is 4.68. The predicted molar refractivity (Wildman–Crippen MR) is 147 cm³/mol. The molecule has 2 rings (SSSR count). The number of rotatable bonds is 9. The van der Waals surface area contributed by atoms with Gasteiger partial charge in [0.15, 0.2) is 0 Å². The van der Waals surface area contributed by atoms with Crippen LogP contribution in [0.2, 0.25) is 0 Å². The Kier molecular flexibility index (Phi) is 12.7. The van der Waals surface area contributed by atoms with Gasteiger partial charge in [0.05, 0.1) is 17.8 Å². The normalized spacial score (nSPS) is 19.6. The van der Waals surface area contributed by atoms with Crippen LogP contribution in [0.5, 0.6) is 0 Å². The van der Waals surface area contributed by atoms with Crippen molar-refractivity contribution >= 4 is 29.5 Å². The first kappa shape index (κ1) is 34.9. The van der Waals surface area contributed by atoms with E-state index >= 15 is 0 Å². The minimum Gasteiger partial charge on any atom is -0.480 e. The van der Waals surface area contributed by atoms with Crippen LogP contribution in [0.4, 0.5) is 18.9 Å². The lowest BCUT2D eigenvalue weighted by Gasteiger charge is -2.37. The molecule has 3 unspecified atom stereocenters. The number of aryl methyl sites for hydroxylation is 1. The van der Waals surface area contributed by atoms with Gasteiger partial charge in [0.2, 0.25) is 5.91 Å². The Morgan fingerprint density at radius 3 is 1.50 bits per heavy atom. The van der Waals surface area contributed by atoms with Gasteiger partial charge in [0, 0.05) is 52.4 Å². The number of nitrogens with zero attached hydrogens (tertiary/aromatic N) is 4. The van der Waals surface area contributed by atoms with Crippen LogP contribution in [0.3, 0.4) is 0 Å². The van der Waals surface area contributed by atoms with Gasteiger partial charge in [-0.15, -0.1) is 0 Å². The number of halogens is 3. The summed E-state index contributed by atoms with van der Waals surface area (Å²) in [6.07, 6.45) is -4.69. The average Bonchev–Trinajstić information content (AvgIpc) is 2.89. The second-order valence-corrected chi connectivity index (χ2v) is 10.5. The van der Waals surface area contributed by atoms with Gasteiger partial charge in [0.25, 0.3) is 0 Å². The number of carbonyl (C=O) groups excluding carboxylic acids is 1. The molecule has 1 aliphatic heterocycles. The zero-order valence-corrected chi connectivity index (χ0v) is 24.2. The summed E-state index contributed by atoms with van der Waals surface area (Å²) in [5.41, 5.74) is -0.991. The summed E-state index contributed by atoms with van der Waals surface area (Å²) in [6.45, 7) is 7.01. The standard InChI is InChI=1S/C27H40F3N5O7/c1-17-5-6-22(21(15-17)27(28,29)30)31-23(36)16-32-7-9-33(18(2)24(37)38)11-13-35(20(4)26(41)42)14-12-34(10-8-32)19(3)25(39)40/h5-6,15,18-20H,7-14,16H2,1-4H3,(H,31,36)(H,37,38)(H,39,40)(H,41,42). The van der Waals surface area contributed by atoms with Crippen LogP contribution in [0.1, 0.15) is 31.9 Å². The number of carboxylic acids is 3. The van der Waals surface area contributed by atoms with Crippen molar-refractivity contribution in [1.29, 1.82) is 0 Å². The smallest absolute Gasteiger partial charge is 0.418 e. The minimum absolute atomic E-state index is 0.148. The van der Waals surface area contributed by atoms with Gasteiger partial charge in [-0.3, -0.25) is 38.8 Å². The molecule has 1 aromatic rings. The van der Waals surface area contributed by atoms with E-state index in [9.17, 15) is 47.7 Å². The summed E-state index contributed by atoms with van der Waals surface area (Å²) in [5.74, 6) is -3.97. The Bertz CT molecular complexity index is 1080. The van der Waals surface area contributed by atoms with Crippen molar-refractivity contribution in [3.05, 3.63) is 29.3 Å². The van der Waals surface area contributed by atoms with Crippen molar-refractivity contribution in [3.63, 3.8) is 0 Å². The van der Waals surface area contributed by atoms with Crippen LogP contribution in [0.15, 0.2) is 18.2 Å². The molecular weight excluding hydrogens is 563 g/mol. The topological polar surface area (TPSA) is 154 Å². The molecule has 0 radical (unpaired) electrons. The Hall–Kier alpha value is -3.27. The second kappa shape index (κ2) is 15.3. The summed E-state index contributed by atoms with van der Waals surface area (Å²) >= 11 is 0. The fraction of sp³-hybridized carbons (Fsp3) is 0.630. The monoisotopic (exact) mass is 603 g/mol. The fourth-order valence-electron chi connectivity index (χ4n) is 4.68. The molecule has 0 aliphatic carbocycles. The van der Waals surface area contributed by atoms with Gasteiger partial charge >= 0.3 is 24.1 Å². The summed E-state index contributed by atoms with van der Waals surface area (Å²) in [6, 6.07) is 0.804. The Labute approximate surface area is 242 Å². The summed E-state index contributed by atoms with van der Waals surface area (Å²) in [4.78, 5) is 54.8. The van der Waals surface area contributed by atoms with Gasteiger partial charge in [-0.05, 0) is 39.8 Å². The third-order valence-electron chi connectivity index (χ3n) is 7.59. The van der Waals surface area contributed by atoms with Crippen LogP contribution in [-0.4, -0.2) is 136 Å². The maximum Gasteiger partial charge on any atom is 0.418 e. The Morgan fingerprint density at radius 2 is 1.14 bits per heavy atom. The highest BCUT2D eigenvalue weighted by Crippen LogP contribution is 2.35. The van der Waals surface area contributed by atoms with Crippen LogP contribution in [-0.2, 0) is 25.4 Å². The number of hydrogen-bond acceptors (Lipinski definition) is 8. The van der Waals surface area contributed by atoms with E-state index in [1.54, 1.807) is 19.6 Å². The van der Waals surface area contributed by atoms with E-state index in [4.69, 9.17) is 0 Å². The number of aliphatic carboxylic acids is 3. The zero-order valence-electron chi connectivity index (χ0n) is 24.2. The van der Waals surface area contributed by atoms with Crippen molar-refractivity contribution in [3.8, 4) is 0 Å². The lowest BCUT2D eigenvalue weighted by molar-refractivity contribution is -0.145. The molecule has 4 N–H and O–H groups in total. The number of benzene rings is 1. The van der Waals surface area contributed by atoms with E-state index < -0.39 is 53.7 Å². The van der Waals surface area contributed by atoms with Crippen molar-refractivity contribution in [1.82, 2.24) is 19.6 Å². The minimum atomic E-state index is -4.69. The quantitative estimate of drug-likeness (QED) is 0.325. The molecule has 12 nitrogen and oxygen atoms in total. The Morgan fingerprint density at radius 1 is 0.762 bits per heavy atom. The highest BCUT2D eigenvalue weighted by atomic mass is 19.4. The van der Waals surface area contributed by atoms with E-state index in [1.165, 1.54) is 39.8 Å². The highest BCUT2D eigenvalue weighted by molar-refractivity contribution is 5.93. The molecule has 1 aromatic carbocycles. The second-order valence-electron chi connectivity index (χ2n) is 10.5. The van der Waals surface area contributed by atoms with Crippen LogP contribution in [0, 0.1) is 6.92 Å². The molecule has 1 saturated heterocycles. The molecule has 15 heteroatoms. The van der Waals surface area contributed by atoms with E-state index in [1.807, 2.05) is 0 Å². The first-order valence-electron chi connectivity index (χ1n) is 13.6. The van der Waals surface area contributed by atoms with Crippen molar-refractivity contribution in [2.75, 3.05) is 64.2 Å². The molecule has 236 valence electrons. The third kappa shape index (κ3) is 10.2. The van der Waals surface area contributed by atoms with Crippen molar-refractivity contribution < 1.29 is 47.7 Å². The molecule has 0 saturated carbocycles. The molecule has 1 heterocycles. The molecule has 0 spiro atoms. The summed E-state index contributed by atoms with van der Waals surface area (Å²) in [7, 11) is 0. The summed E-state index contributed by atoms with van der Waals surface area (Å²) in [5, 5.41) is 31.2. The first-order valence-corrected chi connectivity index (χ1v) is 13.6. The SMILES string of the molecule is Cc1ccc(NC(=O)CN2CCN(C(C)C(=O)O)CCN(C(C)C(=O)O)CCN(C(C)C(=O)O)CC2)c(C(F)(F)F)c1. The number of anilines is 1. The van der Waals surface area contributed by atoms with E-state index in [2.05, 4.69) is 5.32 Å². The molecule has 1 amide bonds. The molecule has 1 aliphatic rings. The predicted octanol–water partition coefficient (Wildman–Crippen LogP) is 1.59. The van der Waals surface area contributed by atoms with Gasteiger partial charge in [-0.2, -0.15) is 13.2 Å². The average molecular weight is 604 g/mol. The van der Waals surface area contributed by atoms with Crippen molar-refractivity contribution in [2.24, 2.45) is 0 Å². The van der Waals surface area contributed by atoms with Gasteiger partial charge < -0.3 is 20.6 Å². The lowest BCUT2D eigenvalue weighted by Crippen LogP contribution is -2.54. The number of alkyl halides is 3. The molecular formula is C27H40F3N5O7. The molecule has 42 heavy (non-hydrogen) atoms. The highest BCUT2D eigenvalue weighted by Gasteiger charge is 2.34. The number of carboxylic acid groups (broad SMARTS) is 3. The maximum atomic E-state index is 13.6. The van der Waals surface area contributed by atoms with Gasteiger partial charge in [-0.1, -0.05) is 11.6 Å². The Balaban J connectivity index is 2.32. The molecule has 0 aromatic heterocycles. The van der Waals surface area contributed by atoms with Crippen LogP contribution >= 0.6 is 0 Å². The van der Waals surface area contributed by atoms with Gasteiger partial charge in [-0.25, -0.2) is 0 Å². The maximum absolute atomic E-state index is 13.6. The largest absolute Gasteiger partial charge is 0.480 e. The first-order chi connectivity index (χ1) is 19.5. The lowest BCUT2D eigenvalue weighted by atomic mass is 10.1. The van der Waals surface area contributed by atoms with Crippen LogP contribution in [0.25, 0.3) is 0 Å². The molecule has 3 atom stereocenters. The number of nitrogens with one attached hydrogen (secondary N) is 1. The van der Waals surface area contributed by atoms with Crippen molar-refractivity contribution in [2.45, 2.75) is 52.0 Å². The summed E-state index contributed by atoms with van der Waals surface area (Å²) < 4.78 is 40.7. The third-order valence-corrected chi connectivity index (χ3v) is 7.59. The molecule has 0 bridgehead atoms. The van der Waals surface area contributed by atoms with Gasteiger partial charge in [0.1, 0.15) is 18.1 Å². The number of hydrogen-bond donors (Lipinski definition) is 4. The van der Waals surface area contributed by atoms with E-state index in [-0.39, 0.29) is 64.6 Å². The zero-order chi connectivity index (χ0) is 31.8. The number of carbonyl (C=O) groups is 4. The van der Waals surface area contributed by atoms with E-state index in [0.717, 1.165) is 6.07 Å². The number of amides is 1. The van der Waals surface area contributed by atoms with Crippen LogP contribution < -0.4 is 5.32 Å². The van der Waals surface area contributed by atoms with E-state index in [0.29, 0.717) is 5.56 Å².